The van der Waals surface area contributed by atoms with Crippen LogP contribution in [-0.4, -0.2) is 12.4 Å². The number of fused-ring (bicyclic) bond motifs is 1. The maximum atomic E-state index is 13.0. The van der Waals surface area contributed by atoms with Crippen molar-refractivity contribution in [1.29, 1.82) is 0 Å². The molecule has 0 saturated heterocycles. The average Bonchev–Trinajstić information content (AvgIpc) is 2.45. The number of ether oxygens (including phenoxy) is 1. The van der Waals surface area contributed by atoms with E-state index in [2.05, 4.69) is 5.32 Å². The van der Waals surface area contributed by atoms with Crippen LogP contribution in [0.4, 0.5) is 18.9 Å². The third kappa shape index (κ3) is 3.16. The summed E-state index contributed by atoms with van der Waals surface area (Å²) in [6.45, 7) is 3.26. The van der Waals surface area contributed by atoms with E-state index in [0.29, 0.717) is 16.3 Å². The number of rotatable bonds is 1. The predicted octanol–water partition coefficient (Wildman–Crippen LogP) is 5.57. The van der Waals surface area contributed by atoms with Crippen molar-refractivity contribution in [3.8, 4) is 11.1 Å². The van der Waals surface area contributed by atoms with Gasteiger partial charge in [-0.25, -0.2) is 0 Å². The quantitative estimate of drug-likeness (QED) is 0.731. The normalized spacial score (nSPS) is 19.8. The Kier molecular flexibility index (Phi) is 3.81. The van der Waals surface area contributed by atoms with Crippen molar-refractivity contribution < 1.29 is 17.9 Å². The lowest BCUT2D eigenvalue weighted by Gasteiger charge is -2.39. The Morgan fingerprint density at radius 1 is 1.09 bits per heavy atom. The summed E-state index contributed by atoms with van der Waals surface area (Å²) < 4.78 is 44.1. The van der Waals surface area contributed by atoms with E-state index in [1.54, 1.807) is 32.0 Å². The molecule has 0 radical (unpaired) electrons. The van der Waals surface area contributed by atoms with E-state index < -0.39 is 18.0 Å². The maximum Gasteiger partial charge on any atom is 0.433 e. The maximum absolute atomic E-state index is 13.0. The number of hydrogen-bond donors (Lipinski definition) is 1. The van der Waals surface area contributed by atoms with Gasteiger partial charge in [0.15, 0.2) is 0 Å². The van der Waals surface area contributed by atoms with Gasteiger partial charge in [-0.2, -0.15) is 13.2 Å². The van der Waals surface area contributed by atoms with Crippen molar-refractivity contribution in [2.45, 2.75) is 31.9 Å². The number of anilines is 1. The van der Waals surface area contributed by atoms with Crippen molar-refractivity contribution in [3.05, 3.63) is 53.1 Å². The largest absolute Gasteiger partial charge is 0.433 e. The minimum atomic E-state index is -4.47. The van der Waals surface area contributed by atoms with Gasteiger partial charge in [0, 0.05) is 16.3 Å². The highest BCUT2D eigenvalue weighted by atomic mass is 35.5. The van der Waals surface area contributed by atoms with E-state index in [0.717, 1.165) is 11.1 Å². The third-order valence-corrected chi connectivity index (χ3v) is 4.06. The molecule has 2 nitrogen and oxygen atoms in total. The Morgan fingerprint density at radius 3 is 2.43 bits per heavy atom. The second-order valence-electron chi connectivity index (χ2n) is 5.96. The Labute approximate surface area is 137 Å². The van der Waals surface area contributed by atoms with Gasteiger partial charge in [-0.3, -0.25) is 0 Å². The van der Waals surface area contributed by atoms with Crippen LogP contribution in [0.1, 0.15) is 19.4 Å². The number of benzene rings is 2. The zero-order valence-corrected chi connectivity index (χ0v) is 13.3. The molecule has 1 atom stereocenters. The lowest BCUT2D eigenvalue weighted by molar-refractivity contribution is -0.243. The van der Waals surface area contributed by atoms with Gasteiger partial charge in [0.2, 0.25) is 6.23 Å². The van der Waals surface area contributed by atoms with Crippen LogP contribution >= 0.6 is 11.6 Å². The van der Waals surface area contributed by atoms with Crippen molar-refractivity contribution in [3.63, 3.8) is 0 Å². The van der Waals surface area contributed by atoms with E-state index >= 15 is 0 Å². The third-order valence-electron chi connectivity index (χ3n) is 3.82. The summed E-state index contributed by atoms with van der Waals surface area (Å²) in [5, 5.41) is 3.01. The van der Waals surface area contributed by atoms with Gasteiger partial charge in [-0.05, 0) is 49.2 Å². The van der Waals surface area contributed by atoms with Crippen LogP contribution < -0.4 is 5.32 Å². The molecule has 23 heavy (non-hydrogen) atoms. The van der Waals surface area contributed by atoms with E-state index in [9.17, 15) is 13.2 Å². The molecular weight excluding hydrogens is 327 g/mol. The van der Waals surface area contributed by atoms with E-state index in [-0.39, 0.29) is 0 Å². The lowest BCUT2D eigenvalue weighted by atomic mass is 9.91. The molecule has 1 heterocycles. The highest BCUT2D eigenvalue weighted by Gasteiger charge is 2.47. The van der Waals surface area contributed by atoms with Crippen LogP contribution in [0.15, 0.2) is 42.5 Å². The molecule has 3 rings (SSSR count). The van der Waals surface area contributed by atoms with Crippen LogP contribution in [0.25, 0.3) is 11.1 Å². The molecule has 122 valence electrons. The van der Waals surface area contributed by atoms with E-state index in [1.807, 2.05) is 24.3 Å². The van der Waals surface area contributed by atoms with Gasteiger partial charge in [-0.1, -0.05) is 29.8 Å². The van der Waals surface area contributed by atoms with Gasteiger partial charge in [0.1, 0.15) is 0 Å². The first-order valence-corrected chi connectivity index (χ1v) is 7.46. The fraction of sp³-hybridized carbons (Fsp3) is 0.294. The summed E-state index contributed by atoms with van der Waals surface area (Å²) >= 11 is 6.00. The molecule has 1 unspecified atom stereocenters. The Bertz CT molecular complexity index is 743. The topological polar surface area (TPSA) is 21.3 Å². The van der Waals surface area contributed by atoms with Crippen LogP contribution in [0, 0.1) is 0 Å². The molecular formula is C17H15ClF3NO. The zero-order chi connectivity index (χ0) is 16.8. The molecule has 0 saturated carbocycles. The first kappa shape index (κ1) is 16.1. The molecule has 1 aliphatic rings. The molecule has 1 N–H and O–H groups in total. The molecule has 2 aromatic rings. The monoisotopic (exact) mass is 341 g/mol. The van der Waals surface area contributed by atoms with Gasteiger partial charge in [0.05, 0.1) is 5.60 Å². The highest BCUT2D eigenvalue weighted by Crippen LogP contribution is 2.42. The van der Waals surface area contributed by atoms with Crippen molar-refractivity contribution in [1.82, 2.24) is 0 Å². The Hall–Kier alpha value is -1.72. The molecule has 0 aliphatic carbocycles. The van der Waals surface area contributed by atoms with Gasteiger partial charge < -0.3 is 10.1 Å². The SMILES string of the molecule is CC1(C)OC(C(F)(F)F)Nc2ccc(-c3cccc(Cl)c3)cc21. The van der Waals surface area contributed by atoms with Crippen LogP contribution in [-0.2, 0) is 10.3 Å². The van der Waals surface area contributed by atoms with Crippen molar-refractivity contribution >= 4 is 17.3 Å². The molecule has 2 aromatic carbocycles. The summed E-state index contributed by atoms with van der Waals surface area (Å²) in [5.41, 5.74) is 1.81. The zero-order valence-electron chi connectivity index (χ0n) is 12.5. The molecule has 0 fully saturated rings. The van der Waals surface area contributed by atoms with E-state index in [4.69, 9.17) is 16.3 Å². The van der Waals surface area contributed by atoms with Gasteiger partial charge >= 0.3 is 6.18 Å². The van der Waals surface area contributed by atoms with Crippen LogP contribution in [0.3, 0.4) is 0 Å². The Morgan fingerprint density at radius 2 is 1.78 bits per heavy atom. The van der Waals surface area contributed by atoms with Crippen LogP contribution in [0.5, 0.6) is 0 Å². The second kappa shape index (κ2) is 5.42. The predicted molar refractivity (Wildman–Crippen MR) is 84.5 cm³/mol. The van der Waals surface area contributed by atoms with E-state index in [1.165, 1.54) is 0 Å². The highest BCUT2D eigenvalue weighted by molar-refractivity contribution is 6.30. The van der Waals surface area contributed by atoms with Crippen LogP contribution in [0.2, 0.25) is 5.02 Å². The number of hydrogen-bond acceptors (Lipinski definition) is 2. The fourth-order valence-corrected chi connectivity index (χ4v) is 2.88. The average molecular weight is 342 g/mol. The van der Waals surface area contributed by atoms with Crippen molar-refractivity contribution in [2.24, 2.45) is 0 Å². The fourth-order valence-electron chi connectivity index (χ4n) is 2.69. The summed E-state index contributed by atoms with van der Waals surface area (Å²) in [6.07, 6.45) is -6.48. The lowest BCUT2D eigenvalue weighted by Crippen LogP contribution is -2.47. The summed E-state index contributed by atoms with van der Waals surface area (Å²) in [7, 11) is 0. The Balaban J connectivity index is 2.04. The second-order valence-corrected chi connectivity index (χ2v) is 6.40. The summed E-state index contributed by atoms with van der Waals surface area (Å²) in [6, 6.07) is 12.6. The summed E-state index contributed by atoms with van der Waals surface area (Å²) in [5.74, 6) is 0. The first-order chi connectivity index (χ1) is 10.7. The minimum Gasteiger partial charge on any atom is -0.352 e. The molecule has 0 amide bonds. The smallest absolute Gasteiger partial charge is 0.352 e. The van der Waals surface area contributed by atoms with Gasteiger partial charge in [-0.15, -0.1) is 0 Å². The molecule has 0 spiro atoms. The molecule has 6 heteroatoms. The minimum absolute atomic E-state index is 0.425. The molecule has 0 aromatic heterocycles. The first-order valence-electron chi connectivity index (χ1n) is 7.08. The number of halogens is 4. The molecule has 1 aliphatic heterocycles. The molecule has 0 bridgehead atoms. The number of alkyl halides is 3. The van der Waals surface area contributed by atoms with Crippen molar-refractivity contribution in [2.75, 3.05) is 5.32 Å². The number of nitrogens with one attached hydrogen (secondary N) is 1. The van der Waals surface area contributed by atoms with Gasteiger partial charge in [0.25, 0.3) is 0 Å². The standard InChI is InChI=1S/C17H15ClF3NO/c1-16(2)13-9-11(10-4-3-5-12(18)8-10)6-7-14(13)22-15(23-16)17(19,20)21/h3-9,15,22H,1-2H3. The summed E-state index contributed by atoms with van der Waals surface area (Å²) in [4.78, 5) is 0.